The fourth-order valence-electron chi connectivity index (χ4n) is 3.06. The average molecular weight is 255 g/mol. The second-order valence-electron chi connectivity index (χ2n) is 5.09. The molecule has 2 N–H and O–H groups in total. The normalized spacial score (nSPS) is 23.8. The highest BCUT2D eigenvalue weighted by atomic mass is 16.2. The van der Waals surface area contributed by atoms with E-state index in [0.29, 0.717) is 18.5 Å². The molecule has 2 unspecified atom stereocenters. The molecule has 0 radical (unpaired) electrons. The molecule has 106 valence electrons. The van der Waals surface area contributed by atoms with Gasteiger partial charge in [0.05, 0.1) is 0 Å². The summed E-state index contributed by atoms with van der Waals surface area (Å²) in [7, 11) is 0. The molecule has 2 amide bonds. The monoisotopic (exact) mass is 255 g/mol. The van der Waals surface area contributed by atoms with Crippen LogP contribution in [0.15, 0.2) is 0 Å². The van der Waals surface area contributed by atoms with Crippen LogP contribution < -0.4 is 5.73 Å². The van der Waals surface area contributed by atoms with Gasteiger partial charge in [-0.3, -0.25) is 0 Å². The Hall–Kier alpha value is -0.770. The first kappa shape index (κ1) is 15.3. The van der Waals surface area contributed by atoms with Gasteiger partial charge in [0, 0.05) is 25.7 Å². The number of hydrogen-bond donors (Lipinski definition) is 1. The molecule has 4 heteroatoms. The summed E-state index contributed by atoms with van der Waals surface area (Å²) in [4.78, 5) is 16.5. The molecule has 0 heterocycles. The van der Waals surface area contributed by atoms with Crippen LogP contribution >= 0.6 is 0 Å². The first-order valence-corrected chi connectivity index (χ1v) is 7.45. The van der Waals surface area contributed by atoms with Crippen LogP contribution in [0, 0.1) is 5.92 Å². The molecule has 2 atom stereocenters. The summed E-state index contributed by atoms with van der Waals surface area (Å²) in [6.07, 6.45) is 4.77. The quantitative estimate of drug-likeness (QED) is 0.819. The molecule has 0 spiro atoms. The predicted octanol–water partition coefficient (Wildman–Crippen LogP) is 2.29. The molecule has 0 bridgehead atoms. The molecule has 18 heavy (non-hydrogen) atoms. The molecule has 0 aromatic rings. The van der Waals surface area contributed by atoms with Crippen LogP contribution in [0.3, 0.4) is 0 Å². The molecule has 1 aliphatic rings. The highest BCUT2D eigenvalue weighted by Gasteiger charge is 2.32. The van der Waals surface area contributed by atoms with Gasteiger partial charge in [0.2, 0.25) is 0 Å². The highest BCUT2D eigenvalue weighted by molar-refractivity contribution is 5.74. The summed E-state index contributed by atoms with van der Waals surface area (Å²) in [5.41, 5.74) is 5.88. The Morgan fingerprint density at radius 3 is 2.22 bits per heavy atom. The third-order valence-corrected chi connectivity index (χ3v) is 4.19. The van der Waals surface area contributed by atoms with Gasteiger partial charge in [-0.2, -0.15) is 0 Å². The number of carbonyl (C=O) groups excluding carboxylic acids is 1. The molecule has 1 rings (SSSR count). The molecule has 0 aromatic carbocycles. The van der Waals surface area contributed by atoms with Gasteiger partial charge in [-0.15, -0.1) is 0 Å². The molecule has 0 aliphatic heterocycles. The first-order valence-electron chi connectivity index (χ1n) is 7.45. The smallest absolute Gasteiger partial charge is 0.320 e. The van der Waals surface area contributed by atoms with Gasteiger partial charge in [0.1, 0.15) is 0 Å². The van der Waals surface area contributed by atoms with Crippen molar-refractivity contribution >= 4 is 6.03 Å². The lowest BCUT2D eigenvalue weighted by Crippen LogP contribution is -2.52. The van der Waals surface area contributed by atoms with E-state index in [0.717, 1.165) is 26.1 Å². The fourth-order valence-corrected chi connectivity index (χ4v) is 3.06. The van der Waals surface area contributed by atoms with E-state index in [4.69, 9.17) is 5.73 Å². The zero-order valence-electron chi connectivity index (χ0n) is 12.2. The summed E-state index contributed by atoms with van der Waals surface area (Å²) in [5, 5.41) is 0. The Kier molecular flexibility index (Phi) is 6.47. The SMILES string of the molecule is CCN(CC)C(=O)N(CC)C1CCCCC1CN. The van der Waals surface area contributed by atoms with E-state index >= 15 is 0 Å². The van der Waals surface area contributed by atoms with Crippen LogP contribution in [-0.4, -0.2) is 48.1 Å². The van der Waals surface area contributed by atoms with Crippen molar-refractivity contribution < 1.29 is 4.79 Å². The van der Waals surface area contributed by atoms with Crippen molar-refractivity contribution in [3.8, 4) is 0 Å². The van der Waals surface area contributed by atoms with Gasteiger partial charge in [-0.05, 0) is 46.1 Å². The summed E-state index contributed by atoms with van der Waals surface area (Å²) in [6.45, 7) is 9.21. The Labute approximate surface area is 111 Å². The number of rotatable bonds is 5. The molecule has 1 fully saturated rings. The summed E-state index contributed by atoms with van der Waals surface area (Å²) in [6, 6.07) is 0.537. The van der Waals surface area contributed by atoms with Crippen molar-refractivity contribution in [2.24, 2.45) is 11.7 Å². The molecule has 0 aromatic heterocycles. The van der Waals surface area contributed by atoms with E-state index in [1.807, 2.05) is 23.6 Å². The minimum atomic E-state index is 0.188. The maximum atomic E-state index is 12.5. The van der Waals surface area contributed by atoms with Crippen LogP contribution in [0.5, 0.6) is 0 Å². The van der Waals surface area contributed by atoms with Crippen LogP contribution in [0.2, 0.25) is 0 Å². The third kappa shape index (κ3) is 3.37. The van der Waals surface area contributed by atoms with Gasteiger partial charge >= 0.3 is 6.03 Å². The number of urea groups is 1. The van der Waals surface area contributed by atoms with E-state index in [9.17, 15) is 4.79 Å². The lowest BCUT2D eigenvalue weighted by atomic mass is 9.83. The number of amides is 2. The summed E-state index contributed by atoms with van der Waals surface area (Å²) < 4.78 is 0. The lowest BCUT2D eigenvalue weighted by Gasteiger charge is -2.41. The Balaban J connectivity index is 2.76. The van der Waals surface area contributed by atoms with Crippen molar-refractivity contribution in [3.05, 3.63) is 0 Å². The first-order chi connectivity index (χ1) is 8.69. The predicted molar refractivity (Wildman–Crippen MR) is 75.5 cm³/mol. The Bertz CT molecular complexity index is 253. The van der Waals surface area contributed by atoms with Crippen molar-refractivity contribution in [1.29, 1.82) is 0 Å². The van der Waals surface area contributed by atoms with E-state index in [2.05, 4.69) is 6.92 Å². The average Bonchev–Trinajstić information content (AvgIpc) is 2.41. The maximum absolute atomic E-state index is 12.5. The maximum Gasteiger partial charge on any atom is 0.320 e. The second kappa shape index (κ2) is 7.62. The number of nitrogens with zero attached hydrogens (tertiary/aromatic N) is 2. The zero-order valence-corrected chi connectivity index (χ0v) is 12.2. The standard InChI is InChI=1S/C14H29N3O/c1-4-16(5-2)14(18)17(6-3)13-10-8-7-9-12(13)11-15/h12-13H,4-11,15H2,1-3H3. The van der Waals surface area contributed by atoms with Crippen molar-refractivity contribution in [3.63, 3.8) is 0 Å². The minimum absolute atomic E-state index is 0.188. The van der Waals surface area contributed by atoms with Crippen molar-refractivity contribution in [1.82, 2.24) is 9.80 Å². The Morgan fingerprint density at radius 2 is 1.72 bits per heavy atom. The summed E-state index contributed by atoms with van der Waals surface area (Å²) >= 11 is 0. The second-order valence-corrected chi connectivity index (χ2v) is 5.09. The van der Waals surface area contributed by atoms with E-state index in [1.54, 1.807) is 0 Å². The molecule has 1 saturated carbocycles. The topological polar surface area (TPSA) is 49.6 Å². The molecule has 1 aliphatic carbocycles. The molecular formula is C14H29N3O. The van der Waals surface area contributed by atoms with Gasteiger partial charge in [-0.25, -0.2) is 4.79 Å². The largest absolute Gasteiger partial charge is 0.330 e. The van der Waals surface area contributed by atoms with Crippen LogP contribution in [0.25, 0.3) is 0 Å². The van der Waals surface area contributed by atoms with Gasteiger partial charge in [0.15, 0.2) is 0 Å². The Morgan fingerprint density at radius 1 is 1.11 bits per heavy atom. The molecule has 4 nitrogen and oxygen atoms in total. The highest BCUT2D eigenvalue weighted by Crippen LogP contribution is 2.28. The van der Waals surface area contributed by atoms with E-state index in [-0.39, 0.29) is 6.03 Å². The van der Waals surface area contributed by atoms with Crippen LogP contribution in [-0.2, 0) is 0 Å². The zero-order chi connectivity index (χ0) is 13.5. The van der Waals surface area contributed by atoms with Crippen molar-refractivity contribution in [2.75, 3.05) is 26.2 Å². The van der Waals surface area contributed by atoms with E-state index < -0.39 is 0 Å². The number of nitrogens with two attached hydrogens (primary N) is 1. The molecule has 0 saturated heterocycles. The van der Waals surface area contributed by atoms with Crippen LogP contribution in [0.4, 0.5) is 4.79 Å². The van der Waals surface area contributed by atoms with Gasteiger partial charge in [-0.1, -0.05) is 12.8 Å². The minimum Gasteiger partial charge on any atom is -0.330 e. The van der Waals surface area contributed by atoms with E-state index in [1.165, 1.54) is 19.3 Å². The fraction of sp³-hybridized carbons (Fsp3) is 0.929. The van der Waals surface area contributed by atoms with Gasteiger partial charge in [0.25, 0.3) is 0 Å². The third-order valence-electron chi connectivity index (χ3n) is 4.19. The van der Waals surface area contributed by atoms with Crippen LogP contribution in [0.1, 0.15) is 46.5 Å². The number of carbonyl (C=O) groups is 1. The number of hydrogen-bond acceptors (Lipinski definition) is 2. The lowest BCUT2D eigenvalue weighted by molar-refractivity contribution is 0.101. The van der Waals surface area contributed by atoms with Gasteiger partial charge < -0.3 is 15.5 Å². The molecular weight excluding hydrogens is 226 g/mol. The van der Waals surface area contributed by atoms with Crippen molar-refractivity contribution in [2.45, 2.75) is 52.5 Å². The summed E-state index contributed by atoms with van der Waals surface area (Å²) in [5.74, 6) is 0.484.